The molecule has 0 bridgehead atoms. The molecule has 1 aliphatic rings. The van der Waals surface area contributed by atoms with Gasteiger partial charge in [-0.1, -0.05) is 18.2 Å². The van der Waals surface area contributed by atoms with E-state index in [-0.39, 0.29) is 23.5 Å². The third-order valence-electron chi connectivity index (χ3n) is 4.95. The molecule has 3 amide bonds. The number of aryl methyl sites for hydroxylation is 2. The number of hydrogen-bond acceptors (Lipinski definition) is 5. The number of carbonyl (C=O) groups is 3. The lowest BCUT2D eigenvalue weighted by molar-refractivity contribution is -0.135. The largest absolute Gasteiger partial charge is 0.366 e. The van der Waals surface area contributed by atoms with Gasteiger partial charge in [-0.05, 0) is 50.1 Å². The number of aromatic nitrogens is 2. The van der Waals surface area contributed by atoms with Gasteiger partial charge in [0.25, 0.3) is 5.56 Å². The minimum Gasteiger partial charge on any atom is -0.366 e. The maximum Gasteiger partial charge on any atom is 0.262 e. The van der Waals surface area contributed by atoms with Crippen molar-refractivity contribution >= 4 is 28.6 Å². The van der Waals surface area contributed by atoms with Gasteiger partial charge in [0, 0.05) is 12.0 Å². The number of amides is 3. The smallest absolute Gasteiger partial charge is 0.262 e. The molecule has 0 aliphatic carbocycles. The summed E-state index contributed by atoms with van der Waals surface area (Å²) < 4.78 is 13.7. The molecule has 3 N–H and O–H groups in total. The van der Waals surface area contributed by atoms with E-state index in [1.54, 1.807) is 13.0 Å². The lowest BCUT2D eigenvalue weighted by atomic mass is 10.0. The van der Waals surface area contributed by atoms with Crippen LogP contribution in [0.15, 0.2) is 47.3 Å². The van der Waals surface area contributed by atoms with Crippen LogP contribution < -0.4 is 16.6 Å². The first-order chi connectivity index (χ1) is 14.7. The Morgan fingerprint density at radius 2 is 1.87 bits per heavy atom. The van der Waals surface area contributed by atoms with E-state index < -0.39 is 23.7 Å². The summed E-state index contributed by atoms with van der Waals surface area (Å²) in [5.41, 5.74) is 6.29. The monoisotopic (exact) mass is 424 g/mol. The van der Waals surface area contributed by atoms with Gasteiger partial charge in [0.1, 0.15) is 17.7 Å². The van der Waals surface area contributed by atoms with Gasteiger partial charge >= 0.3 is 0 Å². The molecule has 1 unspecified atom stereocenters. The van der Waals surface area contributed by atoms with Gasteiger partial charge in [-0.3, -0.25) is 29.1 Å². The molecule has 8 nitrogen and oxygen atoms in total. The van der Waals surface area contributed by atoms with Crippen LogP contribution >= 0.6 is 0 Å². The topological polar surface area (TPSA) is 124 Å². The van der Waals surface area contributed by atoms with E-state index in [1.807, 2.05) is 19.1 Å². The van der Waals surface area contributed by atoms with Gasteiger partial charge < -0.3 is 5.73 Å². The van der Waals surface area contributed by atoms with Gasteiger partial charge in [-0.25, -0.2) is 9.37 Å². The minimum atomic E-state index is -0.674. The van der Waals surface area contributed by atoms with Gasteiger partial charge in [-0.2, -0.15) is 0 Å². The number of hydrogen-bond donors (Lipinski definition) is 2. The number of nitrogens with two attached hydrogens (primary N) is 1. The number of benzene rings is 2. The van der Waals surface area contributed by atoms with Crippen LogP contribution in [-0.4, -0.2) is 27.3 Å². The molecule has 3 aromatic rings. The quantitative estimate of drug-likeness (QED) is 0.608. The van der Waals surface area contributed by atoms with E-state index in [0.717, 1.165) is 11.6 Å². The lowest BCUT2D eigenvalue weighted by Gasteiger charge is -2.24. The van der Waals surface area contributed by atoms with Crippen LogP contribution in [0.5, 0.6) is 0 Å². The van der Waals surface area contributed by atoms with Crippen LogP contribution in [0.3, 0.4) is 0 Å². The van der Waals surface area contributed by atoms with Crippen LogP contribution in [0, 0.1) is 19.7 Å². The Morgan fingerprint density at radius 1 is 1.16 bits per heavy atom. The number of carbonyl (C=O) groups excluding carboxylic acids is 3. The third kappa shape index (κ3) is 4.66. The molecule has 1 atom stereocenters. The maximum atomic E-state index is 12.8. The number of nitrogens with one attached hydrogen (secondary N) is 1. The van der Waals surface area contributed by atoms with Crippen LogP contribution in [0.25, 0.3) is 10.9 Å². The molecule has 9 heteroatoms. The van der Waals surface area contributed by atoms with Gasteiger partial charge in [0.15, 0.2) is 0 Å². The standard InChI is InChI=1S/C15H15N3O3.C7H6FNO/c1-8-4-3-5-10-13(8)15(21)18(9(2)16-10)11-6-7-12(19)17-14(11)20;8-6-3-1-2-5(4-6)7(9)10/h3-5,11H,6-7H2,1-2H3,(H,17,19,20);1-4H,(H2,9,10). The van der Waals surface area contributed by atoms with Gasteiger partial charge in [0.05, 0.1) is 10.9 Å². The first-order valence-corrected chi connectivity index (χ1v) is 9.56. The zero-order chi connectivity index (χ0) is 22.7. The van der Waals surface area contributed by atoms with E-state index in [1.165, 1.54) is 22.8 Å². The Kier molecular flexibility index (Phi) is 6.24. The van der Waals surface area contributed by atoms with Crippen molar-refractivity contribution in [1.29, 1.82) is 0 Å². The summed E-state index contributed by atoms with van der Waals surface area (Å²) in [5.74, 6) is -1.32. The Morgan fingerprint density at radius 3 is 2.48 bits per heavy atom. The van der Waals surface area contributed by atoms with E-state index in [4.69, 9.17) is 5.73 Å². The van der Waals surface area contributed by atoms with Crippen molar-refractivity contribution in [1.82, 2.24) is 14.9 Å². The van der Waals surface area contributed by atoms with Crippen LogP contribution in [0.1, 0.15) is 40.6 Å². The second-order valence-corrected chi connectivity index (χ2v) is 7.14. The highest BCUT2D eigenvalue weighted by atomic mass is 19.1. The van der Waals surface area contributed by atoms with Gasteiger partial charge in [-0.15, -0.1) is 0 Å². The molecule has 2 aromatic carbocycles. The molecule has 0 saturated carbocycles. The Balaban J connectivity index is 0.000000229. The predicted molar refractivity (Wildman–Crippen MR) is 112 cm³/mol. The zero-order valence-corrected chi connectivity index (χ0v) is 17.0. The second kappa shape index (κ2) is 8.86. The molecule has 2 heterocycles. The van der Waals surface area contributed by atoms with E-state index in [2.05, 4.69) is 10.3 Å². The molecule has 0 radical (unpaired) electrons. The summed E-state index contributed by atoms with van der Waals surface area (Å²) in [6, 6.07) is 10.1. The molecule has 1 aliphatic heterocycles. The molecular formula is C22H21FN4O4. The Hall–Kier alpha value is -3.88. The average molecular weight is 424 g/mol. The first-order valence-electron chi connectivity index (χ1n) is 9.56. The van der Waals surface area contributed by atoms with Crippen LogP contribution in [-0.2, 0) is 9.59 Å². The van der Waals surface area contributed by atoms with E-state index >= 15 is 0 Å². The number of rotatable bonds is 2. The molecule has 1 saturated heterocycles. The predicted octanol–water partition coefficient (Wildman–Crippen LogP) is 1.92. The van der Waals surface area contributed by atoms with Crippen molar-refractivity contribution in [3.05, 3.63) is 75.6 Å². The average Bonchev–Trinajstić information content (AvgIpc) is 2.70. The second-order valence-electron chi connectivity index (χ2n) is 7.14. The molecular weight excluding hydrogens is 403 g/mol. The fourth-order valence-corrected chi connectivity index (χ4v) is 3.46. The van der Waals surface area contributed by atoms with Crippen molar-refractivity contribution in [2.24, 2.45) is 5.73 Å². The van der Waals surface area contributed by atoms with Crippen molar-refractivity contribution in [2.45, 2.75) is 32.7 Å². The molecule has 31 heavy (non-hydrogen) atoms. The summed E-state index contributed by atoms with van der Waals surface area (Å²) in [4.78, 5) is 50.9. The van der Waals surface area contributed by atoms with Crippen molar-refractivity contribution in [3.63, 3.8) is 0 Å². The molecule has 1 aromatic heterocycles. The number of halogens is 1. The minimum absolute atomic E-state index is 0.194. The number of imide groups is 1. The van der Waals surface area contributed by atoms with E-state index in [0.29, 0.717) is 23.1 Å². The number of nitrogens with zero attached hydrogens (tertiary/aromatic N) is 2. The summed E-state index contributed by atoms with van der Waals surface area (Å²) in [5, 5.41) is 2.80. The maximum absolute atomic E-state index is 12.8. The number of primary amides is 1. The van der Waals surface area contributed by atoms with Crippen molar-refractivity contribution in [3.8, 4) is 0 Å². The summed E-state index contributed by atoms with van der Waals surface area (Å²) in [7, 11) is 0. The lowest BCUT2D eigenvalue weighted by Crippen LogP contribution is -2.45. The third-order valence-corrected chi connectivity index (χ3v) is 4.95. The van der Waals surface area contributed by atoms with Gasteiger partial charge in [0.2, 0.25) is 17.7 Å². The summed E-state index contributed by atoms with van der Waals surface area (Å²) >= 11 is 0. The van der Waals surface area contributed by atoms with E-state index in [9.17, 15) is 23.6 Å². The number of piperidine rings is 1. The van der Waals surface area contributed by atoms with Crippen molar-refractivity contribution < 1.29 is 18.8 Å². The highest BCUT2D eigenvalue weighted by Gasteiger charge is 2.30. The molecule has 0 spiro atoms. The highest BCUT2D eigenvalue weighted by molar-refractivity contribution is 5.99. The summed E-state index contributed by atoms with van der Waals surface area (Å²) in [6.07, 6.45) is 0.554. The fourth-order valence-electron chi connectivity index (χ4n) is 3.46. The highest BCUT2D eigenvalue weighted by Crippen LogP contribution is 2.20. The zero-order valence-electron chi connectivity index (χ0n) is 17.0. The Labute approximate surface area is 176 Å². The number of fused-ring (bicyclic) bond motifs is 1. The normalized spacial score (nSPS) is 15.8. The molecule has 160 valence electrons. The SMILES string of the molecule is Cc1cccc2nc(C)n(C3CCC(=O)NC3=O)c(=O)c12.NC(=O)c1cccc(F)c1. The van der Waals surface area contributed by atoms with Crippen LogP contribution in [0.4, 0.5) is 4.39 Å². The summed E-state index contributed by atoms with van der Waals surface area (Å²) in [6.45, 7) is 3.54. The van der Waals surface area contributed by atoms with Crippen LogP contribution in [0.2, 0.25) is 0 Å². The fraction of sp³-hybridized carbons (Fsp3) is 0.227. The van der Waals surface area contributed by atoms with Crippen molar-refractivity contribution in [2.75, 3.05) is 0 Å². The Bertz CT molecular complexity index is 1250. The first kappa shape index (κ1) is 21.8. The molecule has 4 rings (SSSR count). The molecule has 1 fully saturated rings.